The van der Waals surface area contributed by atoms with Gasteiger partial charge in [0.2, 0.25) is 0 Å². The zero-order valence-electron chi connectivity index (χ0n) is 12.7. The second-order valence-corrected chi connectivity index (χ2v) is 5.39. The van der Waals surface area contributed by atoms with Crippen LogP contribution in [0.1, 0.15) is 13.8 Å². The van der Waals surface area contributed by atoms with E-state index in [4.69, 9.17) is 14.5 Å². The van der Waals surface area contributed by atoms with E-state index < -0.39 is 7.82 Å². The topological polar surface area (TPSA) is 76.0 Å². The van der Waals surface area contributed by atoms with Crippen molar-refractivity contribution in [3.63, 3.8) is 0 Å². The van der Waals surface area contributed by atoms with Gasteiger partial charge in [-0.1, -0.05) is 48.5 Å². The lowest BCUT2D eigenvalue weighted by Crippen LogP contribution is -1.92. The van der Waals surface area contributed by atoms with Crippen LogP contribution in [-0.4, -0.2) is 23.0 Å². The lowest BCUT2D eigenvalue weighted by Gasteiger charge is -2.11. The normalized spacial score (nSPS) is 10.5. The maximum atomic E-state index is 10.9. The molecule has 0 aromatic heterocycles. The molecule has 0 atom stereocenters. The molecular formula is C16H21O5P. The summed E-state index contributed by atoms with van der Waals surface area (Å²) in [5.41, 5.74) is 1.49. The Morgan fingerprint density at radius 3 is 1.95 bits per heavy atom. The van der Waals surface area contributed by atoms with Gasteiger partial charge in [-0.15, -0.1) is 0 Å². The molecular weight excluding hydrogens is 303 g/mol. The molecule has 0 bridgehead atoms. The smallest absolute Gasteiger partial charge is 0.404 e. The SMILES string of the molecule is CCOCC.O=P(O)(O)Oc1ccccc1-c1ccccc1. The van der Waals surface area contributed by atoms with Gasteiger partial charge in [-0.25, -0.2) is 4.57 Å². The zero-order chi connectivity index (χ0) is 16.4. The number of phosphoric ester groups is 1. The molecule has 0 saturated carbocycles. The Morgan fingerprint density at radius 2 is 1.45 bits per heavy atom. The molecule has 0 unspecified atom stereocenters. The summed E-state index contributed by atoms with van der Waals surface area (Å²) in [5.74, 6) is 0.173. The van der Waals surface area contributed by atoms with E-state index in [1.807, 2.05) is 44.2 Å². The van der Waals surface area contributed by atoms with Crippen molar-refractivity contribution in [1.29, 1.82) is 0 Å². The molecule has 0 aliphatic carbocycles. The molecule has 2 N–H and O–H groups in total. The summed E-state index contributed by atoms with van der Waals surface area (Å²) in [6.07, 6.45) is 0. The molecule has 0 fully saturated rings. The van der Waals surface area contributed by atoms with Crippen LogP contribution in [0.25, 0.3) is 11.1 Å². The van der Waals surface area contributed by atoms with Crippen molar-refractivity contribution >= 4 is 7.82 Å². The minimum absolute atomic E-state index is 0.173. The maximum absolute atomic E-state index is 10.9. The summed E-state index contributed by atoms with van der Waals surface area (Å²) in [6, 6.07) is 16.0. The Hall–Kier alpha value is -1.65. The van der Waals surface area contributed by atoms with E-state index in [0.717, 1.165) is 18.8 Å². The van der Waals surface area contributed by atoms with Gasteiger partial charge in [0.25, 0.3) is 0 Å². The van der Waals surface area contributed by atoms with Crippen LogP contribution < -0.4 is 4.52 Å². The largest absolute Gasteiger partial charge is 0.524 e. The molecule has 5 nitrogen and oxygen atoms in total. The number of hydrogen-bond acceptors (Lipinski definition) is 3. The van der Waals surface area contributed by atoms with Gasteiger partial charge < -0.3 is 9.26 Å². The third kappa shape index (κ3) is 6.87. The average molecular weight is 324 g/mol. The van der Waals surface area contributed by atoms with Crippen LogP contribution in [0.3, 0.4) is 0 Å². The Kier molecular flexibility index (Phi) is 7.85. The van der Waals surface area contributed by atoms with Gasteiger partial charge in [0.1, 0.15) is 5.75 Å². The molecule has 2 rings (SSSR count). The molecule has 2 aromatic carbocycles. The van der Waals surface area contributed by atoms with Crippen LogP contribution in [0.2, 0.25) is 0 Å². The number of para-hydroxylation sites is 1. The first-order valence-corrected chi connectivity index (χ1v) is 8.48. The van der Waals surface area contributed by atoms with E-state index in [-0.39, 0.29) is 5.75 Å². The Bertz CT molecular complexity index is 592. The lowest BCUT2D eigenvalue weighted by atomic mass is 10.1. The van der Waals surface area contributed by atoms with E-state index in [1.54, 1.807) is 18.2 Å². The highest BCUT2D eigenvalue weighted by Gasteiger charge is 2.18. The van der Waals surface area contributed by atoms with E-state index in [9.17, 15) is 4.57 Å². The number of benzene rings is 2. The van der Waals surface area contributed by atoms with Crippen molar-refractivity contribution in [2.24, 2.45) is 0 Å². The van der Waals surface area contributed by atoms with Crippen molar-refractivity contribution in [2.45, 2.75) is 13.8 Å². The van der Waals surface area contributed by atoms with Crippen molar-refractivity contribution in [3.05, 3.63) is 54.6 Å². The summed E-state index contributed by atoms with van der Waals surface area (Å²) < 4.78 is 20.3. The van der Waals surface area contributed by atoms with Crippen molar-refractivity contribution in [3.8, 4) is 16.9 Å². The fraction of sp³-hybridized carbons (Fsp3) is 0.250. The standard InChI is InChI=1S/C12H11O4P.C4H10O/c13-17(14,15)16-12-9-5-4-8-11(12)10-6-2-1-3-7-10;1-3-5-4-2/h1-9H,(H2,13,14,15);3-4H2,1-2H3. The highest BCUT2D eigenvalue weighted by molar-refractivity contribution is 7.46. The molecule has 2 aromatic rings. The Morgan fingerprint density at radius 1 is 0.909 bits per heavy atom. The van der Waals surface area contributed by atoms with E-state index in [1.165, 1.54) is 6.07 Å². The van der Waals surface area contributed by atoms with Gasteiger partial charge in [0.15, 0.2) is 0 Å². The summed E-state index contributed by atoms with van der Waals surface area (Å²) in [6.45, 7) is 5.67. The van der Waals surface area contributed by atoms with Gasteiger partial charge in [-0.3, -0.25) is 9.79 Å². The first-order chi connectivity index (χ1) is 10.5. The molecule has 120 valence electrons. The van der Waals surface area contributed by atoms with Gasteiger partial charge in [0.05, 0.1) is 0 Å². The minimum Gasteiger partial charge on any atom is -0.404 e. The van der Waals surface area contributed by atoms with Crippen LogP contribution >= 0.6 is 7.82 Å². The van der Waals surface area contributed by atoms with Gasteiger partial charge in [-0.2, -0.15) is 0 Å². The van der Waals surface area contributed by atoms with Gasteiger partial charge in [-0.05, 0) is 25.5 Å². The third-order valence-electron chi connectivity index (χ3n) is 2.60. The molecule has 0 aliphatic heterocycles. The number of rotatable bonds is 5. The summed E-state index contributed by atoms with van der Waals surface area (Å²) in [4.78, 5) is 17.7. The number of ether oxygens (including phenoxy) is 1. The third-order valence-corrected chi connectivity index (χ3v) is 3.03. The van der Waals surface area contributed by atoms with E-state index >= 15 is 0 Å². The molecule has 0 spiro atoms. The number of hydrogen-bond donors (Lipinski definition) is 2. The maximum Gasteiger partial charge on any atom is 0.524 e. The summed E-state index contributed by atoms with van der Waals surface area (Å²) in [5, 5.41) is 0. The average Bonchev–Trinajstić information content (AvgIpc) is 2.49. The summed E-state index contributed by atoms with van der Waals surface area (Å²) >= 11 is 0. The second kappa shape index (κ2) is 9.38. The minimum atomic E-state index is -4.53. The molecule has 0 amide bonds. The van der Waals surface area contributed by atoms with Crippen molar-refractivity contribution < 1.29 is 23.6 Å². The van der Waals surface area contributed by atoms with Crippen molar-refractivity contribution in [1.82, 2.24) is 0 Å². The monoisotopic (exact) mass is 324 g/mol. The van der Waals surface area contributed by atoms with Gasteiger partial charge in [0, 0.05) is 18.8 Å². The molecule has 6 heteroatoms. The fourth-order valence-electron chi connectivity index (χ4n) is 1.73. The first kappa shape index (κ1) is 18.4. The molecule has 22 heavy (non-hydrogen) atoms. The van der Waals surface area contributed by atoms with Crippen molar-refractivity contribution in [2.75, 3.05) is 13.2 Å². The molecule has 0 heterocycles. The fourth-order valence-corrected chi connectivity index (χ4v) is 2.15. The quantitative estimate of drug-likeness (QED) is 0.817. The molecule has 0 radical (unpaired) electrons. The molecule has 0 aliphatic rings. The van der Waals surface area contributed by atoms with Crippen LogP contribution in [0.4, 0.5) is 0 Å². The summed E-state index contributed by atoms with van der Waals surface area (Å²) in [7, 11) is -4.53. The number of phosphoric acid groups is 1. The van der Waals surface area contributed by atoms with Crippen LogP contribution in [0.5, 0.6) is 5.75 Å². The van der Waals surface area contributed by atoms with Crippen LogP contribution in [0.15, 0.2) is 54.6 Å². The van der Waals surface area contributed by atoms with E-state index in [0.29, 0.717) is 5.56 Å². The lowest BCUT2D eigenvalue weighted by molar-refractivity contribution is 0.162. The Balaban J connectivity index is 0.000000422. The highest BCUT2D eigenvalue weighted by Crippen LogP contribution is 2.41. The predicted molar refractivity (Wildman–Crippen MR) is 86.7 cm³/mol. The Labute approximate surface area is 130 Å². The van der Waals surface area contributed by atoms with Crippen LogP contribution in [-0.2, 0) is 9.30 Å². The first-order valence-electron chi connectivity index (χ1n) is 6.95. The van der Waals surface area contributed by atoms with E-state index in [2.05, 4.69) is 4.52 Å². The van der Waals surface area contributed by atoms with Crippen LogP contribution in [0, 0.1) is 0 Å². The zero-order valence-corrected chi connectivity index (χ0v) is 13.6. The second-order valence-electron chi connectivity index (χ2n) is 4.23. The highest BCUT2D eigenvalue weighted by atomic mass is 31.2. The predicted octanol–water partition coefficient (Wildman–Crippen LogP) is 3.87. The van der Waals surface area contributed by atoms with Gasteiger partial charge >= 0.3 is 7.82 Å². The molecule has 0 saturated heterocycles.